The van der Waals surface area contributed by atoms with Crippen LogP contribution < -0.4 is 5.32 Å². The van der Waals surface area contributed by atoms with Crippen molar-refractivity contribution in [2.45, 2.75) is 19.3 Å². The number of unbranched alkanes of at least 4 members (excludes halogenated alkanes) is 2. The van der Waals surface area contributed by atoms with Crippen LogP contribution in [0.5, 0.6) is 0 Å². The zero-order valence-corrected chi connectivity index (χ0v) is 14.5. The van der Waals surface area contributed by atoms with Crippen LogP contribution in [0.3, 0.4) is 0 Å². The van der Waals surface area contributed by atoms with E-state index < -0.39 is 0 Å². The molecule has 0 saturated heterocycles. The summed E-state index contributed by atoms with van der Waals surface area (Å²) in [6.45, 7) is 0.857. The van der Waals surface area contributed by atoms with Gasteiger partial charge < -0.3 is 15.0 Å². The molecule has 1 heterocycles. The molecule has 0 unspecified atom stereocenters. The van der Waals surface area contributed by atoms with Crippen molar-refractivity contribution in [1.29, 1.82) is 0 Å². The van der Waals surface area contributed by atoms with Gasteiger partial charge in [-0.2, -0.15) is 0 Å². The molecule has 2 N–H and O–H groups in total. The van der Waals surface area contributed by atoms with Gasteiger partial charge in [0.2, 0.25) is 0 Å². The number of hydrogen-bond donors (Lipinski definition) is 2. The van der Waals surface area contributed by atoms with E-state index in [2.05, 4.69) is 40.3 Å². The Bertz CT molecular complexity index is 850. The summed E-state index contributed by atoms with van der Waals surface area (Å²) in [5, 5.41) is 12.9. The molecule has 130 valence electrons. The molecule has 0 saturated carbocycles. The van der Waals surface area contributed by atoms with Gasteiger partial charge in [-0.1, -0.05) is 18.2 Å². The summed E-state index contributed by atoms with van der Waals surface area (Å²) in [5.74, 6) is -0.0472. The van der Waals surface area contributed by atoms with Crippen LogP contribution in [0, 0.1) is 0 Å². The maximum absolute atomic E-state index is 12.1. The molecular formula is C21H24N2O2. The standard InChI is InChI=1S/C21H24N2O2/c1-23-13-11-19-15-18(9-10-20(19)23)16-5-7-17(8-6-16)21(25)22-12-3-2-4-14-24/h5-11,13,15,24H,2-4,12,14H2,1H3,(H,22,25). The fraction of sp³-hybridized carbons (Fsp3) is 0.286. The Morgan fingerprint density at radius 1 is 1.00 bits per heavy atom. The second-order valence-corrected chi connectivity index (χ2v) is 6.32. The molecule has 0 fully saturated rings. The smallest absolute Gasteiger partial charge is 0.251 e. The van der Waals surface area contributed by atoms with Crippen LogP contribution in [0.15, 0.2) is 54.7 Å². The van der Waals surface area contributed by atoms with Gasteiger partial charge in [0.25, 0.3) is 5.91 Å². The SMILES string of the molecule is Cn1ccc2cc(-c3ccc(C(=O)NCCCCCO)cc3)ccc21. The number of carbonyl (C=O) groups excluding carboxylic acids is 1. The number of carbonyl (C=O) groups is 1. The molecule has 4 heteroatoms. The Hall–Kier alpha value is -2.59. The average molecular weight is 336 g/mol. The van der Waals surface area contributed by atoms with Crippen LogP contribution in [0.1, 0.15) is 29.6 Å². The monoisotopic (exact) mass is 336 g/mol. The first kappa shape index (κ1) is 17.2. The summed E-state index contributed by atoms with van der Waals surface area (Å²) in [4.78, 5) is 12.1. The van der Waals surface area contributed by atoms with Crippen molar-refractivity contribution in [2.24, 2.45) is 7.05 Å². The summed E-state index contributed by atoms with van der Waals surface area (Å²) in [6, 6.07) is 16.2. The predicted octanol–water partition coefficient (Wildman–Crippen LogP) is 3.74. The van der Waals surface area contributed by atoms with Crippen molar-refractivity contribution in [2.75, 3.05) is 13.2 Å². The first-order chi connectivity index (χ1) is 12.2. The minimum absolute atomic E-state index is 0.0472. The van der Waals surface area contributed by atoms with E-state index >= 15 is 0 Å². The number of hydrogen-bond acceptors (Lipinski definition) is 2. The molecule has 0 spiro atoms. The quantitative estimate of drug-likeness (QED) is 0.646. The van der Waals surface area contributed by atoms with Crippen molar-refractivity contribution < 1.29 is 9.90 Å². The van der Waals surface area contributed by atoms with Gasteiger partial charge >= 0.3 is 0 Å². The van der Waals surface area contributed by atoms with Gasteiger partial charge in [0.05, 0.1) is 0 Å². The molecule has 0 bridgehead atoms. The number of rotatable bonds is 7. The van der Waals surface area contributed by atoms with Gasteiger partial charge in [0.1, 0.15) is 0 Å². The van der Waals surface area contributed by atoms with Crippen molar-refractivity contribution in [3.63, 3.8) is 0 Å². The molecule has 4 nitrogen and oxygen atoms in total. The number of aliphatic hydroxyl groups excluding tert-OH is 1. The van der Waals surface area contributed by atoms with E-state index in [0.29, 0.717) is 12.1 Å². The maximum Gasteiger partial charge on any atom is 0.251 e. The van der Waals surface area contributed by atoms with Gasteiger partial charge in [0.15, 0.2) is 0 Å². The van der Waals surface area contributed by atoms with E-state index in [1.807, 2.05) is 31.3 Å². The number of aryl methyl sites for hydroxylation is 1. The largest absolute Gasteiger partial charge is 0.396 e. The van der Waals surface area contributed by atoms with Crippen molar-refractivity contribution in [3.05, 3.63) is 60.3 Å². The summed E-state index contributed by atoms with van der Waals surface area (Å²) >= 11 is 0. The molecule has 0 aliphatic heterocycles. The number of aromatic nitrogens is 1. The lowest BCUT2D eigenvalue weighted by molar-refractivity contribution is 0.0953. The normalized spacial score (nSPS) is 11.0. The first-order valence-corrected chi connectivity index (χ1v) is 8.73. The Morgan fingerprint density at radius 3 is 2.52 bits per heavy atom. The lowest BCUT2D eigenvalue weighted by Gasteiger charge is -2.07. The van der Waals surface area contributed by atoms with E-state index in [-0.39, 0.29) is 12.5 Å². The summed E-state index contributed by atoms with van der Waals surface area (Å²) in [7, 11) is 2.04. The number of amides is 1. The highest BCUT2D eigenvalue weighted by Gasteiger charge is 2.06. The van der Waals surface area contributed by atoms with Crippen molar-refractivity contribution in [1.82, 2.24) is 9.88 Å². The fourth-order valence-electron chi connectivity index (χ4n) is 2.99. The minimum Gasteiger partial charge on any atom is -0.396 e. The van der Waals surface area contributed by atoms with E-state index in [1.54, 1.807) is 0 Å². The van der Waals surface area contributed by atoms with Crippen LogP contribution >= 0.6 is 0 Å². The van der Waals surface area contributed by atoms with Gasteiger partial charge in [-0.05, 0) is 60.7 Å². The molecule has 0 aliphatic carbocycles. The first-order valence-electron chi connectivity index (χ1n) is 8.73. The molecule has 2 aromatic carbocycles. The minimum atomic E-state index is -0.0472. The van der Waals surface area contributed by atoms with Crippen LogP contribution in [0.25, 0.3) is 22.0 Å². The third-order valence-corrected chi connectivity index (χ3v) is 4.49. The lowest BCUT2D eigenvalue weighted by atomic mass is 10.0. The zero-order chi connectivity index (χ0) is 17.6. The number of nitrogens with zero attached hydrogens (tertiary/aromatic N) is 1. The Kier molecular flexibility index (Phi) is 5.51. The van der Waals surface area contributed by atoms with Gasteiger partial charge in [-0.15, -0.1) is 0 Å². The number of benzene rings is 2. The molecular weight excluding hydrogens is 312 g/mol. The van der Waals surface area contributed by atoms with Crippen LogP contribution in [0.4, 0.5) is 0 Å². The van der Waals surface area contributed by atoms with Crippen LogP contribution in [-0.4, -0.2) is 28.7 Å². The van der Waals surface area contributed by atoms with Crippen molar-refractivity contribution in [3.8, 4) is 11.1 Å². The number of nitrogens with one attached hydrogen (secondary N) is 1. The highest BCUT2D eigenvalue weighted by molar-refractivity contribution is 5.95. The van der Waals surface area contributed by atoms with Gasteiger partial charge in [0, 0.05) is 42.9 Å². The summed E-state index contributed by atoms with van der Waals surface area (Å²) < 4.78 is 2.10. The van der Waals surface area contributed by atoms with Crippen molar-refractivity contribution >= 4 is 16.8 Å². The van der Waals surface area contributed by atoms with E-state index in [0.717, 1.165) is 30.4 Å². The molecule has 0 atom stereocenters. The Labute approximate surface area is 148 Å². The van der Waals surface area contributed by atoms with Gasteiger partial charge in [-0.25, -0.2) is 0 Å². The molecule has 1 amide bonds. The topological polar surface area (TPSA) is 54.3 Å². The number of aliphatic hydroxyl groups is 1. The van der Waals surface area contributed by atoms with E-state index in [4.69, 9.17) is 5.11 Å². The molecule has 0 aliphatic rings. The van der Waals surface area contributed by atoms with E-state index in [1.165, 1.54) is 10.9 Å². The molecule has 3 rings (SSSR count). The highest BCUT2D eigenvalue weighted by Crippen LogP contribution is 2.25. The summed E-state index contributed by atoms with van der Waals surface area (Å²) in [6.07, 6.45) is 4.66. The second-order valence-electron chi connectivity index (χ2n) is 6.32. The molecule has 0 radical (unpaired) electrons. The number of fused-ring (bicyclic) bond motifs is 1. The summed E-state index contributed by atoms with van der Waals surface area (Å²) in [5.41, 5.74) is 4.13. The third kappa shape index (κ3) is 4.09. The third-order valence-electron chi connectivity index (χ3n) is 4.49. The molecule has 3 aromatic rings. The predicted molar refractivity (Wildman–Crippen MR) is 102 cm³/mol. The maximum atomic E-state index is 12.1. The lowest BCUT2D eigenvalue weighted by Crippen LogP contribution is -2.24. The molecule has 1 aromatic heterocycles. The zero-order valence-electron chi connectivity index (χ0n) is 14.5. The average Bonchev–Trinajstić information content (AvgIpc) is 3.02. The Morgan fingerprint density at radius 2 is 1.76 bits per heavy atom. The Balaban J connectivity index is 1.65. The van der Waals surface area contributed by atoms with Gasteiger partial charge in [-0.3, -0.25) is 4.79 Å². The molecule has 25 heavy (non-hydrogen) atoms. The highest BCUT2D eigenvalue weighted by atomic mass is 16.2. The second kappa shape index (κ2) is 7.99. The van der Waals surface area contributed by atoms with Crippen LogP contribution in [-0.2, 0) is 7.05 Å². The van der Waals surface area contributed by atoms with E-state index in [9.17, 15) is 4.79 Å². The van der Waals surface area contributed by atoms with Crippen LogP contribution in [0.2, 0.25) is 0 Å². The fourth-order valence-corrected chi connectivity index (χ4v) is 2.99.